The monoisotopic (exact) mass is 331 g/mol. The van der Waals surface area contributed by atoms with E-state index in [1.807, 2.05) is 24.3 Å². The molecule has 4 nitrogen and oxygen atoms in total. The first-order valence-electron chi connectivity index (χ1n) is 7.41. The summed E-state index contributed by atoms with van der Waals surface area (Å²) < 4.78 is 59.7. The second kappa shape index (κ2) is 5.86. The van der Waals surface area contributed by atoms with Crippen LogP contribution in [0.5, 0.6) is 0 Å². The molecule has 0 saturated heterocycles. The number of ether oxygens (including phenoxy) is 1. The van der Waals surface area contributed by atoms with Crippen molar-refractivity contribution in [3.05, 3.63) is 35.4 Å². The highest BCUT2D eigenvalue weighted by molar-refractivity contribution is 7.89. The van der Waals surface area contributed by atoms with E-state index < -0.39 is 33.7 Å². The Morgan fingerprint density at radius 2 is 2.09 bits per heavy atom. The minimum absolute atomic E-state index is 0.220. The van der Waals surface area contributed by atoms with E-state index in [4.69, 9.17) is 4.74 Å². The summed E-state index contributed by atoms with van der Waals surface area (Å²) in [4.78, 5) is 0. The molecule has 1 N–H and O–H groups in total. The summed E-state index contributed by atoms with van der Waals surface area (Å²) in [6.45, 7) is 0.659. The number of hydrogen-bond acceptors (Lipinski definition) is 3. The van der Waals surface area contributed by atoms with Gasteiger partial charge in [-0.1, -0.05) is 24.3 Å². The van der Waals surface area contributed by atoms with Gasteiger partial charge < -0.3 is 4.74 Å². The molecule has 1 fully saturated rings. The Bertz CT molecular complexity index is 648. The van der Waals surface area contributed by atoms with Crippen LogP contribution in [0.4, 0.5) is 8.78 Å². The smallest absolute Gasteiger partial charge is 0.251 e. The quantitative estimate of drug-likeness (QED) is 0.923. The van der Waals surface area contributed by atoms with Crippen molar-refractivity contribution in [3.63, 3.8) is 0 Å². The van der Waals surface area contributed by atoms with Crippen LogP contribution >= 0.6 is 0 Å². The van der Waals surface area contributed by atoms with Crippen LogP contribution in [-0.4, -0.2) is 26.7 Å². The largest absolute Gasteiger partial charge is 0.375 e. The van der Waals surface area contributed by atoms with Gasteiger partial charge in [0.2, 0.25) is 10.0 Å². The lowest BCUT2D eigenvalue weighted by Crippen LogP contribution is -2.39. The third-order valence-electron chi connectivity index (χ3n) is 4.37. The highest BCUT2D eigenvalue weighted by Gasteiger charge is 2.46. The highest BCUT2D eigenvalue weighted by Crippen LogP contribution is 2.41. The predicted molar refractivity (Wildman–Crippen MR) is 78.0 cm³/mol. The fourth-order valence-corrected chi connectivity index (χ4v) is 4.88. The highest BCUT2D eigenvalue weighted by atomic mass is 32.2. The van der Waals surface area contributed by atoms with Crippen LogP contribution in [-0.2, 0) is 21.4 Å². The summed E-state index contributed by atoms with van der Waals surface area (Å²) in [5.41, 5.74) is 1.78. The summed E-state index contributed by atoms with van der Waals surface area (Å²) in [7, 11) is -3.79. The van der Waals surface area contributed by atoms with E-state index in [0.29, 0.717) is 13.0 Å². The third-order valence-corrected chi connectivity index (χ3v) is 5.86. The average Bonchev–Trinajstić information content (AvgIpc) is 2.77. The molecule has 7 heteroatoms. The van der Waals surface area contributed by atoms with Crippen LogP contribution in [0, 0.1) is 5.92 Å². The van der Waals surface area contributed by atoms with E-state index in [1.54, 1.807) is 0 Å². The molecule has 0 spiro atoms. The second-order valence-corrected chi connectivity index (χ2v) is 7.81. The molecule has 0 aromatic heterocycles. The SMILES string of the molecule is O=S(=O)(CC1CCCC1(F)F)NC1COCc2ccccc21. The van der Waals surface area contributed by atoms with Crippen molar-refractivity contribution in [1.82, 2.24) is 4.72 Å². The molecule has 2 atom stereocenters. The van der Waals surface area contributed by atoms with Crippen LogP contribution in [0.3, 0.4) is 0 Å². The normalized spacial score (nSPS) is 27.5. The van der Waals surface area contributed by atoms with Crippen LogP contribution in [0.1, 0.15) is 36.4 Å². The molecule has 0 bridgehead atoms. The second-order valence-electron chi connectivity index (χ2n) is 6.02. The fourth-order valence-electron chi connectivity index (χ4n) is 3.21. The van der Waals surface area contributed by atoms with E-state index in [1.165, 1.54) is 0 Å². The molecule has 122 valence electrons. The van der Waals surface area contributed by atoms with Crippen molar-refractivity contribution >= 4 is 10.0 Å². The average molecular weight is 331 g/mol. The molecule has 3 rings (SSSR count). The molecule has 1 saturated carbocycles. The minimum atomic E-state index is -3.79. The minimum Gasteiger partial charge on any atom is -0.375 e. The van der Waals surface area contributed by atoms with Gasteiger partial charge in [-0.2, -0.15) is 0 Å². The van der Waals surface area contributed by atoms with Crippen molar-refractivity contribution < 1.29 is 21.9 Å². The zero-order chi connectivity index (χ0) is 15.8. The van der Waals surface area contributed by atoms with Crippen molar-refractivity contribution in [2.75, 3.05) is 12.4 Å². The Labute approximate surface area is 128 Å². The maximum atomic E-state index is 13.6. The maximum Gasteiger partial charge on any atom is 0.251 e. The summed E-state index contributed by atoms with van der Waals surface area (Å²) in [5, 5.41) is 0. The Hall–Kier alpha value is -1.05. The number of hydrogen-bond donors (Lipinski definition) is 1. The van der Waals surface area contributed by atoms with E-state index in [-0.39, 0.29) is 19.4 Å². The van der Waals surface area contributed by atoms with Crippen molar-refractivity contribution in [1.29, 1.82) is 0 Å². The molecule has 1 aliphatic carbocycles. The molecule has 1 aromatic rings. The summed E-state index contributed by atoms with van der Waals surface area (Å²) in [6, 6.07) is 6.90. The molecule has 0 radical (unpaired) electrons. The number of fused-ring (bicyclic) bond motifs is 1. The molecule has 1 heterocycles. The lowest BCUT2D eigenvalue weighted by molar-refractivity contribution is -0.0289. The Balaban J connectivity index is 1.73. The Kier molecular flexibility index (Phi) is 4.22. The molecule has 2 aliphatic rings. The topological polar surface area (TPSA) is 55.4 Å². The van der Waals surface area contributed by atoms with Crippen LogP contribution in [0.15, 0.2) is 24.3 Å². The number of halogens is 2. The van der Waals surface area contributed by atoms with Gasteiger partial charge in [0, 0.05) is 12.3 Å². The standard InChI is InChI=1S/C15H19F2NO3S/c16-15(17)7-3-5-12(15)10-22(19,20)18-14-9-21-8-11-4-1-2-6-13(11)14/h1-2,4,6,12,14,18H,3,5,7-10H2. The molecule has 1 aliphatic heterocycles. The third kappa shape index (κ3) is 3.31. The van der Waals surface area contributed by atoms with Crippen LogP contribution < -0.4 is 4.72 Å². The zero-order valence-electron chi connectivity index (χ0n) is 12.1. The van der Waals surface area contributed by atoms with Gasteiger partial charge in [-0.25, -0.2) is 21.9 Å². The maximum absolute atomic E-state index is 13.6. The Morgan fingerprint density at radius 3 is 2.82 bits per heavy atom. The van der Waals surface area contributed by atoms with Crippen molar-refractivity contribution in [2.45, 2.75) is 37.8 Å². The van der Waals surface area contributed by atoms with Gasteiger partial charge in [0.25, 0.3) is 5.92 Å². The number of nitrogens with one attached hydrogen (secondary N) is 1. The van der Waals surface area contributed by atoms with Gasteiger partial charge in [-0.05, 0) is 24.0 Å². The van der Waals surface area contributed by atoms with E-state index in [2.05, 4.69) is 4.72 Å². The van der Waals surface area contributed by atoms with Gasteiger partial charge in [0.1, 0.15) is 0 Å². The van der Waals surface area contributed by atoms with Crippen LogP contribution in [0.2, 0.25) is 0 Å². The number of alkyl halides is 2. The first kappa shape index (κ1) is 15.8. The van der Waals surface area contributed by atoms with Gasteiger partial charge in [0.15, 0.2) is 0 Å². The zero-order valence-corrected chi connectivity index (χ0v) is 12.9. The number of sulfonamides is 1. The van der Waals surface area contributed by atoms with E-state index in [0.717, 1.165) is 11.1 Å². The van der Waals surface area contributed by atoms with Gasteiger partial charge in [-0.3, -0.25) is 0 Å². The van der Waals surface area contributed by atoms with Crippen molar-refractivity contribution in [3.8, 4) is 0 Å². The van der Waals surface area contributed by atoms with Gasteiger partial charge in [-0.15, -0.1) is 0 Å². The van der Waals surface area contributed by atoms with E-state index >= 15 is 0 Å². The molecular weight excluding hydrogens is 312 g/mol. The summed E-state index contributed by atoms with van der Waals surface area (Å²) in [6.07, 6.45) is 0.413. The summed E-state index contributed by atoms with van der Waals surface area (Å²) >= 11 is 0. The molecule has 0 amide bonds. The predicted octanol–water partition coefficient (Wildman–Crippen LogP) is 2.61. The van der Waals surface area contributed by atoms with Gasteiger partial charge in [0.05, 0.1) is 25.0 Å². The number of benzene rings is 1. The molecule has 2 unspecified atom stereocenters. The molecule has 1 aromatic carbocycles. The Morgan fingerprint density at radius 1 is 1.32 bits per heavy atom. The molecule has 22 heavy (non-hydrogen) atoms. The van der Waals surface area contributed by atoms with E-state index in [9.17, 15) is 17.2 Å². The first-order chi connectivity index (χ1) is 10.4. The first-order valence-corrected chi connectivity index (χ1v) is 9.06. The lowest BCUT2D eigenvalue weighted by Gasteiger charge is -2.27. The van der Waals surface area contributed by atoms with Gasteiger partial charge >= 0.3 is 0 Å². The van der Waals surface area contributed by atoms with Crippen molar-refractivity contribution in [2.24, 2.45) is 5.92 Å². The summed E-state index contributed by atoms with van der Waals surface area (Å²) in [5.74, 6) is -4.50. The molecular formula is C15H19F2NO3S. The number of rotatable bonds is 4. The van der Waals surface area contributed by atoms with Crippen LogP contribution in [0.25, 0.3) is 0 Å². The lowest BCUT2D eigenvalue weighted by atomic mass is 10.0. The fraction of sp³-hybridized carbons (Fsp3) is 0.600.